The third-order valence-electron chi connectivity index (χ3n) is 5.57. The molecule has 2 aromatic carbocycles. The lowest BCUT2D eigenvalue weighted by Gasteiger charge is -2.18. The third kappa shape index (κ3) is 5.55. The average Bonchev–Trinajstić information content (AvgIpc) is 3.43. The Hall–Kier alpha value is -3.43. The van der Waals surface area contributed by atoms with Crippen LogP contribution in [-0.2, 0) is 23.2 Å². The molecule has 2 heterocycles. The molecule has 1 aromatic heterocycles. The number of sulfonamides is 1. The van der Waals surface area contributed by atoms with Crippen LogP contribution in [0.4, 0.5) is 0 Å². The summed E-state index contributed by atoms with van der Waals surface area (Å²) in [6.45, 7) is 1.55. The highest BCUT2D eigenvalue weighted by Crippen LogP contribution is 2.30. The molecule has 4 rings (SSSR count). The number of methoxy groups -OCH3 is 1. The van der Waals surface area contributed by atoms with E-state index in [9.17, 15) is 13.2 Å². The Bertz CT molecular complexity index is 1240. The normalized spacial score (nSPS) is 14.0. The number of aromatic nitrogens is 1. The molecule has 0 spiro atoms. The van der Waals surface area contributed by atoms with Gasteiger partial charge in [-0.3, -0.25) is 9.78 Å². The second kappa shape index (κ2) is 10.7. The maximum absolute atomic E-state index is 13.1. The minimum atomic E-state index is -3.73. The number of pyridine rings is 1. The zero-order valence-corrected chi connectivity index (χ0v) is 19.8. The van der Waals surface area contributed by atoms with E-state index in [2.05, 4.69) is 10.3 Å². The maximum Gasteiger partial charge on any atom is 0.251 e. The smallest absolute Gasteiger partial charge is 0.251 e. The van der Waals surface area contributed by atoms with E-state index < -0.39 is 10.0 Å². The second-order valence-electron chi connectivity index (χ2n) is 7.92. The first-order valence-corrected chi connectivity index (χ1v) is 12.5. The molecule has 178 valence electrons. The fraction of sp³-hybridized carbons (Fsp3) is 0.280. The Morgan fingerprint density at radius 2 is 1.88 bits per heavy atom. The lowest BCUT2D eigenvalue weighted by atomic mass is 10.1. The minimum absolute atomic E-state index is 0.00877. The van der Waals surface area contributed by atoms with Crippen molar-refractivity contribution in [3.05, 3.63) is 83.7 Å². The summed E-state index contributed by atoms with van der Waals surface area (Å²) in [7, 11) is -2.32. The number of amides is 1. The van der Waals surface area contributed by atoms with Gasteiger partial charge in [0.2, 0.25) is 10.0 Å². The third-order valence-corrected chi connectivity index (χ3v) is 7.49. The van der Waals surface area contributed by atoms with Crippen LogP contribution in [0.25, 0.3) is 0 Å². The molecular weight excluding hydrogens is 454 g/mol. The molecule has 1 fully saturated rings. The summed E-state index contributed by atoms with van der Waals surface area (Å²) >= 11 is 0. The molecule has 1 aliphatic heterocycles. The van der Waals surface area contributed by atoms with Gasteiger partial charge in [0.05, 0.1) is 12.8 Å². The molecule has 0 atom stereocenters. The minimum Gasteiger partial charge on any atom is -0.495 e. The summed E-state index contributed by atoms with van der Waals surface area (Å²) in [5.74, 6) is 0.516. The fourth-order valence-electron chi connectivity index (χ4n) is 3.76. The maximum atomic E-state index is 13.1. The van der Waals surface area contributed by atoms with Crippen LogP contribution in [0.3, 0.4) is 0 Å². The van der Waals surface area contributed by atoms with E-state index in [1.54, 1.807) is 12.3 Å². The Balaban J connectivity index is 1.43. The molecule has 1 saturated heterocycles. The molecule has 1 amide bonds. The van der Waals surface area contributed by atoms with Crippen LogP contribution in [0.2, 0.25) is 0 Å². The van der Waals surface area contributed by atoms with Crippen molar-refractivity contribution in [2.45, 2.75) is 30.9 Å². The Morgan fingerprint density at radius 3 is 2.62 bits per heavy atom. The molecule has 34 heavy (non-hydrogen) atoms. The summed E-state index contributed by atoms with van der Waals surface area (Å²) < 4.78 is 38.6. The van der Waals surface area contributed by atoms with Crippen molar-refractivity contribution in [3.8, 4) is 11.5 Å². The van der Waals surface area contributed by atoms with Crippen LogP contribution < -0.4 is 14.8 Å². The second-order valence-corrected chi connectivity index (χ2v) is 9.82. The predicted molar refractivity (Wildman–Crippen MR) is 127 cm³/mol. The molecule has 0 aliphatic carbocycles. The van der Waals surface area contributed by atoms with Crippen molar-refractivity contribution in [1.82, 2.24) is 14.6 Å². The first-order chi connectivity index (χ1) is 16.5. The van der Waals surface area contributed by atoms with Gasteiger partial charge < -0.3 is 14.8 Å². The van der Waals surface area contributed by atoms with Gasteiger partial charge in [-0.15, -0.1) is 0 Å². The Kier molecular flexibility index (Phi) is 7.44. The van der Waals surface area contributed by atoms with Gasteiger partial charge in [-0.2, -0.15) is 4.31 Å². The van der Waals surface area contributed by atoms with E-state index in [-0.39, 0.29) is 28.7 Å². The van der Waals surface area contributed by atoms with E-state index in [0.29, 0.717) is 25.4 Å². The zero-order valence-electron chi connectivity index (χ0n) is 18.9. The molecule has 0 saturated carbocycles. The van der Waals surface area contributed by atoms with Gasteiger partial charge in [-0.05, 0) is 60.9 Å². The van der Waals surface area contributed by atoms with Gasteiger partial charge >= 0.3 is 0 Å². The van der Waals surface area contributed by atoms with Gasteiger partial charge in [0.1, 0.15) is 23.0 Å². The van der Waals surface area contributed by atoms with Crippen LogP contribution in [0.1, 0.15) is 34.5 Å². The SMILES string of the molecule is COc1ccc(C(=O)NCc2cccc(OCc3ccccn3)c2)cc1S(=O)(=O)N1CCCC1. The molecule has 1 aliphatic rings. The molecule has 0 bridgehead atoms. The largest absolute Gasteiger partial charge is 0.495 e. The molecule has 1 N–H and O–H groups in total. The van der Waals surface area contributed by atoms with Crippen LogP contribution >= 0.6 is 0 Å². The van der Waals surface area contributed by atoms with E-state index in [1.807, 2.05) is 42.5 Å². The van der Waals surface area contributed by atoms with E-state index in [0.717, 1.165) is 24.1 Å². The highest BCUT2D eigenvalue weighted by molar-refractivity contribution is 7.89. The first kappa shape index (κ1) is 23.7. The number of nitrogens with zero attached hydrogens (tertiary/aromatic N) is 2. The number of rotatable bonds is 9. The number of ether oxygens (including phenoxy) is 2. The van der Waals surface area contributed by atoms with Crippen molar-refractivity contribution in [3.63, 3.8) is 0 Å². The molecular formula is C25H27N3O5S. The topological polar surface area (TPSA) is 97.8 Å². The number of carbonyl (C=O) groups excluding carboxylic acids is 1. The summed E-state index contributed by atoms with van der Waals surface area (Å²) in [4.78, 5) is 17.1. The van der Waals surface area contributed by atoms with E-state index in [1.165, 1.54) is 23.5 Å². The van der Waals surface area contributed by atoms with Crippen LogP contribution in [0, 0.1) is 0 Å². The molecule has 9 heteroatoms. The van der Waals surface area contributed by atoms with Crippen molar-refractivity contribution >= 4 is 15.9 Å². The zero-order chi connectivity index (χ0) is 24.0. The quantitative estimate of drug-likeness (QED) is 0.503. The van der Waals surface area contributed by atoms with Gasteiger partial charge in [0.15, 0.2) is 0 Å². The van der Waals surface area contributed by atoms with Crippen molar-refractivity contribution in [2.24, 2.45) is 0 Å². The molecule has 0 unspecified atom stereocenters. The van der Waals surface area contributed by atoms with Gasteiger partial charge in [-0.1, -0.05) is 18.2 Å². The van der Waals surface area contributed by atoms with Crippen LogP contribution in [-0.4, -0.2) is 43.8 Å². The van der Waals surface area contributed by atoms with Crippen molar-refractivity contribution in [2.75, 3.05) is 20.2 Å². The van der Waals surface area contributed by atoms with E-state index >= 15 is 0 Å². The highest BCUT2D eigenvalue weighted by Gasteiger charge is 2.30. The number of nitrogens with one attached hydrogen (secondary N) is 1. The summed E-state index contributed by atoms with van der Waals surface area (Å²) in [5.41, 5.74) is 1.92. The number of hydrogen-bond donors (Lipinski definition) is 1. The molecule has 3 aromatic rings. The van der Waals surface area contributed by atoms with Gasteiger partial charge in [0, 0.05) is 31.4 Å². The van der Waals surface area contributed by atoms with Crippen molar-refractivity contribution < 1.29 is 22.7 Å². The predicted octanol–water partition coefficient (Wildman–Crippen LogP) is 3.38. The number of benzene rings is 2. The van der Waals surface area contributed by atoms with Crippen molar-refractivity contribution in [1.29, 1.82) is 0 Å². The van der Waals surface area contributed by atoms with Gasteiger partial charge in [-0.25, -0.2) is 8.42 Å². The van der Waals surface area contributed by atoms with Crippen LogP contribution in [0.5, 0.6) is 11.5 Å². The Morgan fingerprint density at radius 1 is 1.06 bits per heavy atom. The first-order valence-electron chi connectivity index (χ1n) is 11.1. The van der Waals surface area contributed by atoms with E-state index in [4.69, 9.17) is 9.47 Å². The average molecular weight is 482 g/mol. The summed E-state index contributed by atoms with van der Waals surface area (Å²) in [6.07, 6.45) is 3.37. The Labute approximate surface area is 199 Å². The van der Waals surface area contributed by atoms with Gasteiger partial charge in [0.25, 0.3) is 5.91 Å². The van der Waals surface area contributed by atoms with Crippen LogP contribution in [0.15, 0.2) is 71.8 Å². The fourth-order valence-corrected chi connectivity index (χ4v) is 5.46. The lowest BCUT2D eigenvalue weighted by Crippen LogP contribution is -2.29. The standard InChI is InChI=1S/C25H27N3O5S/c1-32-23-11-10-20(16-24(23)34(30,31)28-13-4-5-14-28)25(29)27-17-19-7-6-9-22(15-19)33-18-21-8-2-3-12-26-21/h2-3,6-12,15-16H,4-5,13-14,17-18H2,1H3,(H,27,29). The summed E-state index contributed by atoms with van der Waals surface area (Å²) in [6, 6.07) is 17.5. The molecule has 0 radical (unpaired) electrons. The summed E-state index contributed by atoms with van der Waals surface area (Å²) in [5, 5.41) is 2.85. The highest BCUT2D eigenvalue weighted by atomic mass is 32.2. The lowest BCUT2D eigenvalue weighted by molar-refractivity contribution is 0.0950. The monoisotopic (exact) mass is 481 g/mol. The number of carbonyl (C=O) groups is 1. The molecule has 8 nitrogen and oxygen atoms in total. The number of hydrogen-bond acceptors (Lipinski definition) is 6.